The van der Waals surface area contributed by atoms with Crippen LogP contribution in [0.15, 0.2) is 42.5 Å². The van der Waals surface area contributed by atoms with Crippen molar-refractivity contribution in [1.82, 2.24) is 14.3 Å². The van der Waals surface area contributed by atoms with Crippen LogP contribution in [-0.4, -0.2) is 55.5 Å². The Balaban J connectivity index is 1.89. The largest absolute Gasteiger partial charge is 0.480 e. The van der Waals surface area contributed by atoms with Crippen LogP contribution in [0.3, 0.4) is 0 Å². The molecule has 7 nitrogen and oxygen atoms in total. The van der Waals surface area contributed by atoms with Crippen LogP contribution in [0, 0.1) is 0 Å². The molecule has 1 aromatic carbocycles. The topological polar surface area (TPSA) is 98.7 Å². The highest BCUT2D eigenvalue weighted by molar-refractivity contribution is 7.87. The third kappa shape index (κ3) is 2.67. The van der Waals surface area contributed by atoms with Gasteiger partial charge in [-0.25, -0.2) is 4.79 Å². The van der Waals surface area contributed by atoms with Crippen molar-refractivity contribution in [3.05, 3.63) is 48.0 Å². The number of carboxylic acid groups (broad SMARTS) is 1. The number of benzene rings is 1. The maximum absolute atomic E-state index is 12.6. The summed E-state index contributed by atoms with van der Waals surface area (Å²) in [6, 6.07) is 8.96. The molecule has 124 valence electrons. The summed E-state index contributed by atoms with van der Waals surface area (Å²) in [6.45, 7) is 5.51. The predicted molar refractivity (Wildman–Crippen MR) is 85.2 cm³/mol. The Morgan fingerprint density at radius 3 is 2.48 bits per heavy atom. The van der Waals surface area contributed by atoms with Gasteiger partial charge in [0.15, 0.2) is 5.54 Å². The highest BCUT2D eigenvalue weighted by Crippen LogP contribution is 2.56. The van der Waals surface area contributed by atoms with E-state index in [1.165, 1.54) is 4.31 Å². The van der Waals surface area contributed by atoms with Gasteiger partial charge in [-0.05, 0) is 11.1 Å². The van der Waals surface area contributed by atoms with E-state index in [9.17, 15) is 18.3 Å². The van der Waals surface area contributed by atoms with Gasteiger partial charge in [-0.1, -0.05) is 36.9 Å². The number of nitrogens with zero attached hydrogens (tertiary/aromatic N) is 1. The van der Waals surface area contributed by atoms with Crippen molar-refractivity contribution >= 4 is 16.2 Å². The molecule has 1 aliphatic carbocycles. The van der Waals surface area contributed by atoms with Gasteiger partial charge in [-0.3, -0.25) is 0 Å². The molecular formula is C15H19N3O4S. The molecule has 2 aliphatic rings. The molecule has 1 heterocycles. The minimum Gasteiger partial charge on any atom is -0.480 e. The van der Waals surface area contributed by atoms with Crippen molar-refractivity contribution in [2.75, 3.05) is 26.2 Å². The molecule has 0 unspecified atom stereocenters. The second-order valence-corrected chi connectivity index (χ2v) is 7.41. The summed E-state index contributed by atoms with van der Waals surface area (Å²) in [5.41, 5.74) is -0.566. The van der Waals surface area contributed by atoms with Crippen molar-refractivity contribution in [2.45, 2.75) is 11.5 Å². The molecule has 1 saturated heterocycles. The van der Waals surface area contributed by atoms with E-state index in [1.807, 2.05) is 6.07 Å². The molecule has 1 aromatic rings. The third-order valence-corrected chi connectivity index (χ3v) is 6.01. The van der Waals surface area contributed by atoms with Crippen LogP contribution in [0.4, 0.5) is 0 Å². The molecule has 0 spiro atoms. The zero-order valence-corrected chi connectivity index (χ0v) is 13.3. The van der Waals surface area contributed by atoms with E-state index in [0.717, 1.165) is 5.56 Å². The summed E-state index contributed by atoms with van der Waals surface area (Å²) in [7, 11) is -3.90. The molecule has 3 N–H and O–H groups in total. The van der Waals surface area contributed by atoms with Crippen LogP contribution in [0.5, 0.6) is 0 Å². The second-order valence-electron chi connectivity index (χ2n) is 5.74. The fourth-order valence-electron chi connectivity index (χ4n) is 3.07. The first-order valence-electron chi connectivity index (χ1n) is 7.37. The van der Waals surface area contributed by atoms with E-state index < -0.39 is 27.6 Å². The SMILES string of the molecule is C=C1[C@@H](c2ccccc2)[C@]1(NS(=O)(=O)N1CCNCC1)C(=O)O. The van der Waals surface area contributed by atoms with Crippen LogP contribution < -0.4 is 10.0 Å². The summed E-state index contributed by atoms with van der Waals surface area (Å²) < 4.78 is 28.7. The Morgan fingerprint density at radius 1 is 1.30 bits per heavy atom. The van der Waals surface area contributed by atoms with Gasteiger partial charge in [-0.15, -0.1) is 0 Å². The first kappa shape index (κ1) is 16.1. The van der Waals surface area contributed by atoms with E-state index in [4.69, 9.17) is 0 Å². The minimum absolute atomic E-state index is 0.313. The van der Waals surface area contributed by atoms with Crippen molar-refractivity contribution in [1.29, 1.82) is 0 Å². The van der Waals surface area contributed by atoms with Crippen molar-refractivity contribution in [3.63, 3.8) is 0 Å². The standard InChI is InChI=1S/C15H19N3O4S/c1-11-13(12-5-3-2-4-6-12)15(11,14(19)20)17-23(21,22)18-9-7-16-8-10-18/h2-6,13,16-17H,1,7-10H2,(H,19,20)/t13-,15-/m0/s1. The zero-order chi connectivity index (χ0) is 16.7. The molecular weight excluding hydrogens is 318 g/mol. The first-order valence-corrected chi connectivity index (χ1v) is 8.81. The number of rotatable bonds is 5. The van der Waals surface area contributed by atoms with Gasteiger partial charge in [0, 0.05) is 32.1 Å². The Kier molecular flexibility index (Phi) is 4.01. The van der Waals surface area contributed by atoms with Gasteiger partial charge in [0.05, 0.1) is 0 Å². The average Bonchev–Trinajstić information content (AvgIpc) is 3.13. The fourth-order valence-corrected chi connectivity index (χ4v) is 4.60. The number of carbonyl (C=O) groups is 1. The lowest BCUT2D eigenvalue weighted by Crippen LogP contribution is -2.55. The van der Waals surface area contributed by atoms with Gasteiger partial charge in [0.2, 0.25) is 0 Å². The van der Waals surface area contributed by atoms with E-state index in [-0.39, 0.29) is 0 Å². The molecule has 0 aromatic heterocycles. The van der Waals surface area contributed by atoms with Crippen LogP contribution in [0.1, 0.15) is 11.5 Å². The molecule has 3 rings (SSSR count). The van der Waals surface area contributed by atoms with Gasteiger partial charge in [0.1, 0.15) is 0 Å². The van der Waals surface area contributed by atoms with E-state index in [1.54, 1.807) is 24.3 Å². The maximum atomic E-state index is 12.6. The van der Waals surface area contributed by atoms with Gasteiger partial charge >= 0.3 is 5.97 Å². The molecule has 2 atom stereocenters. The quantitative estimate of drug-likeness (QED) is 0.652. The molecule has 2 fully saturated rings. The highest BCUT2D eigenvalue weighted by atomic mass is 32.2. The first-order chi connectivity index (χ1) is 10.9. The molecule has 1 aliphatic heterocycles. The molecule has 0 radical (unpaired) electrons. The smallest absolute Gasteiger partial charge is 0.330 e. The second kappa shape index (κ2) is 5.72. The van der Waals surface area contributed by atoms with Crippen molar-refractivity contribution in [2.24, 2.45) is 0 Å². The summed E-state index contributed by atoms with van der Waals surface area (Å²) in [5.74, 6) is -1.78. The van der Waals surface area contributed by atoms with Gasteiger partial charge in [-0.2, -0.15) is 17.4 Å². The molecule has 23 heavy (non-hydrogen) atoms. The fraction of sp³-hybridized carbons (Fsp3) is 0.400. The minimum atomic E-state index is -3.90. The Morgan fingerprint density at radius 2 is 1.91 bits per heavy atom. The van der Waals surface area contributed by atoms with Crippen molar-refractivity contribution in [3.8, 4) is 0 Å². The lowest BCUT2D eigenvalue weighted by Gasteiger charge is -2.28. The lowest BCUT2D eigenvalue weighted by molar-refractivity contribution is -0.139. The number of carboxylic acids is 1. The third-order valence-electron chi connectivity index (χ3n) is 4.38. The molecule has 8 heteroatoms. The Bertz CT molecular complexity index is 728. The number of hydrogen-bond donors (Lipinski definition) is 3. The van der Waals surface area contributed by atoms with Crippen LogP contribution in [-0.2, 0) is 15.0 Å². The monoisotopic (exact) mass is 337 g/mol. The summed E-state index contributed by atoms with van der Waals surface area (Å²) >= 11 is 0. The number of piperazine rings is 1. The normalized spacial score (nSPS) is 28.5. The van der Waals surface area contributed by atoms with E-state index in [2.05, 4.69) is 16.6 Å². The summed E-state index contributed by atoms with van der Waals surface area (Å²) in [5, 5.41) is 12.7. The zero-order valence-electron chi connectivity index (χ0n) is 12.5. The van der Waals surface area contributed by atoms with Crippen molar-refractivity contribution < 1.29 is 18.3 Å². The van der Waals surface area contributed by atoms with E-state index >= 15 is 0 Å². The summed E-state index contributed by atoms with van der Waals surface area (Å²) in [6.07, 6.45) is 0. The Labute approximate surface area is 135 Å². The van der Waals surface area contributed by atoms with Crippen LogP contribution in [0.25, 0.3) is 0 Å². The van der Waals surface area contributed by atoms with Crippen LogP contribution >= 0.6 is 0 Å². The molecule has 0 bridgehead atoms. The summed E-state index contributed by atoms with van der Waals surface area (Å²) in [4.78, 5) is 11.8. The van der Waals surface area contributed by atoms with Gasteiger partial charge < -0.3 is 10.4 Å². The van der Waals surface area contributed by atoms with Gasteiger partial charge in [0.25, 0.3) is 10.2 Å². The lowest BCUT2D eigenvalue weighted by atomic mass is 10.1. The highest BCUT2D eigenvalue weighted by Gasteiger charge is 2.67. The number of nitrogens with one attached hydrogen (secondary N) is 2. The Hall–Kier alpha value is -1.74. The number of hydrogen-bond acceptors (Lipinski definition) is 4. The maximum Gasteiger partial charge on any atom is 0.330 e. The predicted octanol–water partition coefficient (Wildman–Crippen LogP) is -0.0970. The molecule has 0 amide bonds. The number of aliphatic carboxylic acids is 1. The van der Waals surface area contributed by atoms with E-state index in [0.29, 0.717) is 31.8 Å². The molecule has 1 saturated carbocycles. The van der Waals surface area contributed by atoms with Crippen LogP contribution in [0.2, 0.25) is 0 Å². The average molecular weight is 337 g/mol.